The fourth-order valence-electron chi connectivity index (χ4n) is 3.74. The normalized spacial score (nSPS) is 26.9. The maximum absolute atomic E-state index is 3.81. The molecule has 0 spiro atoms. The molecule has 1 aliphatic carbocycles. The Morgan fingerprint density at radius 2 is 1.90 bits per heavy atom. The summed E-state index contributed by atoms with van der Waals surface area (Å²) in [5, 5.41) is 3.81. The molecule has 1 saturated heterocycles. The number of benzene rings is 1. The predicted molar refractivity (Wildman–Crippen MR) is 89.2 cm³/mol. The van der Waals surface area contributed by atoms with Gasteiger partial charge in [0.25, 0.3) is 0 Å². The third-order valence-corrected chi connectivity index (χ3v) is 4.96. The molecule has 1 heterocycles. The average Bonchev–Trinajstić information content (AvgIpc) is 3.30. The first-order chi connectivity index (χ1) is 10.3. The highest BCUT2D eigenvalue weighted by molar-refractivity contribution is 5.14. The van der Waals surface area contributed by atoms with Gasteiger partial charge in [-0.15, -0.1) is 0 Å². The van der Waals surface area contributed by atoms with Crippen LogP contribution in [0, 0.1) is 11.8 Å². The lowest BCUT2D eigenvalue weighted by Crippen LogP contribution is -2.49. The number of rotatable bonds is 7. The van der Waals surface area contributed by atoms with Crippen molar-refractivity contribution >= 4 is 0 Å². The molecule has 1 N–H and O–H groups in total. The highest BCUT2D eigenvalue weighted by atomic mass is 15.2. The summed E-state index contributed by atoms with van der Waals surface area (Å²) < 4.78 is 0. The van der Waals surface area contributed by atoms with Gasteiger partial charge in [0.05, 0.1) is 0 Å². The van der Waals surface area contributed by atoms with Crippen LogP contribution in [-0.4, -0.2) is 30.6 Å². The van der Waals surface area contributed by atoms with E-state index in [0.717, 1.165) is 18.4 Å². The molecule has 0 amide bonds. The zero-order chi connectivity index (χ0) is 14.5. The Bertz CT molecular complexity index is 413. The van der Waals surface area contributed by atoms with Gasteiger partial charge in [-0.25, -0.2) is 0 Å². The summed E-state index contributed by atoms with van der Waals surface area (Å²) in [6.45, 7) is 7.29. The van der Waals surface area contributed by atoms with Gasteiger partial charge in [-0.1, -0.05) is 43.7 Å². The van der Waals surface area contributed by atoms with Gasteiger partial charge in [-0.2, -0.15) is 0 Å². The first-order valence-electron chi connectivity index (χ1n) is 8.83. The van der Waals surface area contributed by atoms with Gasteiger partial charge in [0.2, 0.25) is 0 Å². The molecule has 116 valence electrons. The zero-order valence-electron chi connectivity index (χ0n) is 13.4. The van der Waals surface area contributed by atoms with Gasteiger partial charge in [0.15, 0.2) is 0 Å². The Morgan fingerprint density at radius 1 is 1.10 bits per heavy atom. The van der Waals surface area contributed by atoms with E-state index in [9.17, 15) is 0 Å². The zero-order valence-corrected chi connectivity index (χ0v) is 13.4. The van der Waals surface area contributed by atoms with Crippen LogP contribution in [0.25, 0.3) is 0 Å². The Balaban J connectivity index is 1.52. The second-order valence-corrected chi connectivity index (χ2v) is 7.12. The summed E-state index contributed by atoms with van der Waals surface area (Å²) in [5.74, 6) is 1.91. The SMILES string of the molecule is CCCC1CC(NCc2ccccc2)CN(CC2CC2)C1. The van der Waals surface area contributed by atoms with Crippen LogP contribution >= 0.6 is 0 Å². The van der Waals surface area contributed by atoms with Crippen molar-refractivity contribution in [2.45, 2.75) is 51.6 Å². The van der Waals surface area contributed by atoms with E-state index in [4.69, 9.17) is 0 Å². The molecule has 0 bridgehead atoms. The van der Waals surface area contributed by atoms with Crippen LogP contribution in [0.1, 0.15) is 44.6 Å². The molecule has 3 rings (SSSR count). The van der Waals surface area contributed by atoms with Crippen LogP contribution in [0.3, 0.4) is 0 Å². The number of nitrogens with zero attached hydrogens (tertiary/aromatic N) is 1. The monoisotopic (exact) mass is 286 g/mol. The third-order valence-electron chi connectivity index (χ3n) is 4.96. The van der Waals surface area contributed by atoms with E-state index in [1.165, 1.54) is 57.3 Å². The molecular weight excluding hydrogens is 256 g/mol. The largest absolute Gasteiger partial charge is 0.309 e. The van der Waals surface area contributed by atoms with Crippen LogP contribution < -0.4 is 5.32 Å². The smallest absolute Gasteiger partial charge is 0.0208 e. The van der Waals surface area contributed by atoms with Crippen LogP contribution in [0.15, 0.2) is 30.3 Å². The van der Waals surface area contributed by atoms with Crippen LogP contribution in [0.4, 0.5) is 0 Å². The van der Waals surface area contributed by atoms with Crippen LogP contribution in [-0.2, 0) is 6.54 Å². The minimum atomic E-state index is 0.675. The van der Waals surface area contributed by atoms with Crippen molar-refractivity contribution in [3.8, 4) is 0 Å². The second-order valence-electron chi connectivity index (χ2n) is 7.12. The lowest BCUT2D eigenvalue weighted by Gasteiger charge is -2.38. The van der Waals surface area contributed by atoms with Gasteiger partial charge in [-0.05, 0) is 43.1 Å². The summed E-state index contributed by atoms with van der Waals surface area (Å²) in [6.07, 6.45) is 7.02. The molecule has 2 heteroatoms. The van der Waals surface area contributed by atoms with Crippen LogP contribution in [0.2, 0.25) is 0 Å². The summed E-state index contributed by atoms with van der Waals surface area (Å²) in [6, 6.07) is 11.5. The highest BCUT2D eigenvalue weighted by Crippen LogP contribution is 2.32. The summed E-state index contributed by atoms with van der Waals surface area (Å²) in [7, 11) is 0. The number of piperidine rings is 1. The maximum Gasteiger partial charge on any atom is 0.0208 e. The Hall–Kier alpha value is -0.860. The van der Waals surface area contributed by atoms with E-state index in [1.807, 2.05) is 0 Å². The fraction of sp³-hybridized carbons (Fsp3) is 0.684. The quantitative estimate of drug-likeness (QED) is 0.822. The van der Waals surface area contributed by atoms with E-state index < -0.39 is 0 Å². The molecular formula is C19H30N2. The highest BCUT2D eigenvalue weighted by Gasteiger charge is 2.30. The second kappa shape index (κ2) is 7.42. The molecule has 1 aromatic carbocycles. The molecule has 0 aromatic heterocycles. The lowest BCUT2D eigenvalue weighted by molar-refractivity contribution is 0.130. The Morgan fingerprint density at radius 3 is 2.62 bits per heavy atom. The number of nitrogens with one attached hydrogen (secondary N) is 1. The lowest BCUT2D eigenvalue weighted by atomic mass is 9.90. The Labute approximate surface area is 129 Å². The van der Waals surface area contributed by atoms with Gasteiger partial charge >= 0.3 is 0 Å². The first kappa shape index (κ1) is 15.1. The van der Waals surface area contributed by atoms with Crippen molar-refractivity contribution in [3.63, 3.8) is 0 Å². The molecule has 2 unspecified atom stereocenters. The minimum absolute atomic E-state index is 0.675. The maximum atomic E-state index is 3.81. The standard InChI is InChI=1S/C19H30N2/c1-2-6-18-11-19(15-21(14-18)13-17-9-10-17)20-12-16-7-4-3-5-8-16/h3-5,7-8,17-20H,2,6,9-15H2,1H3. The molecule has 1 saturated carbocycles. The summed E-state index contributed by atoms with van der Waals surface area (Å²) in [4.78, 5) is 2.74. The van der Waals surface area contributed by atoms with E-state index in [0.29, 0.717) is 6.04 Å². The molecule has 2 aliphatic rings. The van der Waals surface area contributed by atoms with E-state index in [1.54, 1.807) is 0 Å². The van der Waals surface area contributed by atoms with Crippen molar-refractivity contribution in [2.75, 3.05) is 19.6 Å². The van der Waals surface area contributed by atoms with Crippen molar-refractivity contribution in [1.29, 1.82) is 0 Å². The van der Waals surface area contributed by atoms with Crippen molar-refractivity contribution in [3.05, 3.63) is 35.9 Å². The molecule has 1 aliphatic heterocycles. The van der Waals surface area contributed by atoms with Gasteiger partial charge < -0.3 is 10.2 Å². The molecule has 1 aromatic rings. The minimum Gasteiger partial charge on any atom is -0.309 e. The van der Waals surface area contributed by atoms with Gasteiger partial charge in [0, 0.05) is 32.2 Å². The molecule has 2 fully saturated rings. The molecule has 0 radical (unpaired) electrons. The van der Waals surface area contributed by atoms with Crippen LogP contribution in [0.5, 0.6) is 0 Å². The first-order valence-corrected chi connectivity index (χ1v) is 8.83. The van der Waals surface area contributed by atoms with Crippen molar-refractivity contribution in [1.82, 2.24) is 10.2 Å². The molecule has 21 heavy (non-hydrogen) atoms. The number of hydrogen-bond acceptors (Lipinski definition) is 2. The number of hydrogen-bond donors (Lipinski definition) is 1. The topological polar surface area (TPSA) is 15.3 Å². The molecule has 2 nitrogen and oxygen atoms in total. The van der Waals surface area contributed by atoms with Gasteiger partial charge in [-0.3, -0.25) is 0 Å². The summed E-state index contributed by atoms with van der Waals surface area (Å²) >= 11 is 0. The third kappa shape index (κ3) is 4.82. The summed E-state index contributed by atoms with van der Waals surface area (Å²) in [5.41, 5.74) is 1.41. The number of likely N-dealkylation sites (tertiary alicyclic amines) is 1. The predicted octanol–water partition coefficient (Wildman–Crippen LogP) is 3.68. The van der Waals surface area contributed by atoms with Crippen molar-refractivity contribution < 1.29 is 0 Å². The van der Waals surface area contributed by atoms with Crippen molar-refractivity contribution in [2.24, 2.45) is 11.8 Å². The van der Waals surface area contributed by atoms with E-state index in [-0.39, 0.29) is 0 Å². The Kier molecular flexibility index (Phi) is 5.32. The average molecular weight is 286 g/mol. The van der Waals surface area contributed by atoms with E-state index >= 15 is 0 Å². The molecule has 2 atom stereocenters. The van der Waals surface area contributed by atoms with E-state index in [2.05, 4.69) is 47.5 Å². The van der Waals surface area contributed by atoms with Gasteiger partial charge in [0.1, 0.15) is 0 Å². The fourth-order valence-corrected chi connectivity index (χ4v) is 3.74.